The normalized spacial score (nSPS) is 11.9. The van der Waals surface area contributed by atoms with Gasteiger partial charge in [0.15, 0.2) is 10.3 Å². The van der Waals surface area contributed by atoms with Crippen molar-refractivity contribution in [2.24, 2.45) is 0 Å². The number of carbonyl (C=O) groups is 1. The second kappa shape index (κ2) is 9.07. The molecule has 2 heterocycles. The van der Waals surface area contributed by atoms with E-state index in [0.717, 1.165) is 27.7 Å². The highest BCUT2D eigenvalue weighted by atomic mass is 32.2. The van der Waals surface area contributed by atoms with E-state index in [1.165, 1.54) is 23.1 Å². The van der Waals surface area contributed by atoms with Gasteiger partial charge in [-0.3, -0.25) is 4.79 Å². The summed E-state index contributed by atoms with van der Waals surface area (Å²) in [5.41, 5.74) is 3.93. The molecule has 0 aliphatic heterocycles. The lowest BCUT2D eigenvalue weighted by Crippen LogP contribution is -2.24. The standard InChI is InChI=1S/C22H20N4OS2/c1-2-17(20(27)26-21-23-13-14-28-21)29-22-24-18(15-9-5-3-6-10-15)19(25-22)16-11-7-4-8-12-16/h3-14,17H,2H2,1H3,(H,24,25)(H,23,26,27). The van der Waals surface area contributed by atoms with Crippen LogP contribution in [0.25, 0.3) is 22.5 Å². The minimum atomic E-state index is -0.266. The number of hydrogen-bond donors (Lipinski definition) is 2. The van der Waals surface area contributed by atoms with Crippen molar-refractivity contribution in [3.05, 3.63) is 72.2 Å². The molecule has 0 saturated carbocycles. The number of thiazole rings is 1. The Morgan fingerprint density at radius 2 is 1.79 bits per heavy atom. The lowest BCUT2D eigenvalue weighted by molar-refractivity contribution is -0.115. The van der Waals surface area contributed by atoms with Crippen LogP contribution >= 0.6 is 23.1 Å². The van der Waals surface area contributed by atoms with Gasteiger partial charge in [-0.1, -0.05) is 79.3 Å². The number of aromatic nitrogens is 3. The second-order valence-corrected chi connectivity index (χ2v) is 8.42. The first-order chi connectivity index (χ1) is 14.2. The molecule has 0 fully saturated rings. The quantitative estimate of drug-likeness (QED) is 0.376. The first-order valence-corrected chi connectivity index (χ1v) is 11.1. The van der Waals surface area contributed by atoms with Gasteiger partial charge in [0.2, 0.25) is 5.91 Å². The number of nitrogens with zero attached hydrogens (tertiary/aromatic N) is 2. The van der Waals surface area contributed by atoms with Crippen LogP contribution in [0.15, 0.2) is 77.4 Å². The van der Waals surface area contributed by atoms with Crippen molar-refractivity contribution in [3.8, 4) is 22.5 Å². The Kier molecular flexibility index (Phi) is 6.07. The number of rotatable bonds is 7. The second-order valence-electron chi connectivity index (χ2n) is 6.34. The molecular formula is C22H20N4OS2. The van der Waals surface area contributed by atoms with Gasteiger partial charge in [0.1, 0.15) is 0 Å². The number of hydrogen-bond acceptors (Lipinski definition) is 5. The number of nitrogens with one attached hydrogen (secondary N) is 2. The summed E-state index contributed by atoms with van der Waals surface area (Å²) in [5, 5.41) is 5.80. The van der Waals surface area contributed by atoms with Gasteiger partial charge in [0.25, 0.3) is 0 Å². The number of amides is 1. The maximum absolute atomic E-state index is 12.7. The molecule has 0 bridgehead atoms. The Hall–Kier alpha value is -2.90. The Morgan fingerprint density at radius 1 is 1.10 bits per heavy atom. The van der Waals surface area contributed by atoms with Gasteiger partial charge in [-0.05, 0) is 6.42 Å². The number of thioether (sulfide) groups is 1. The predicted octanol–water partition coefficient (Wildman–Crippen LogP) is 5.71. The monoisotopic (exact) mass is 420 g/mol. The van der Waals surface area contributed by atoms with E-state index in [2.05, 4.69) is 27.4 Å². The van der Waals surface area contributed by atoms with Crippen LogP contribution in [0.3, 0.4) is 0 Å². The molecular weight excluding hydrogens is 400 g/mol. The third kappa shape index (κ3) is 4.58. The Labute approximate surface area is 177 Å². The molecule has 1 unspecified atom stereocenters. The predicted molar refractivity (Wildman–Crippen MR) is 120 cm³/mol. The number of benzene rings is 2. The average molecular weight is 421 g/mol. The Balaban J connectivity index is 1.63. The molecule has 29 heavy (non-hydrogen) atoms. The summed E-state index contributed by atoms with van der Waals surface area (Å²) in [6.45, 7) is 2.00. The van der Waals surface area contributed by atoms with Crippen molar-refractivity contribution < 1.29 is 4.79 Å². The summed E-state index contributed by atoms with van der Waals surface area (Å²) in [6.07, 6.45) is 2.36. The molecule has 7 heteroatoms. The summed E-state index contributed by atoms with van der Waals surface area (Å²) in [5.74, 6) is -0.0635. The fourth-order valence-electron chi connectivity index (χ4n) is 2.95. The van der Waals surface area contributed by atoms with Crippen LogP contribution < -0.4 is 5.32 Å². The van der Waals surface area contributed by atoms with E-state index in [9.17, 15) is 4.79 Å². The SMILES string of the molecule is CCC(Sc1nc(-c2ccccc2)c(-c2ccccc2)[nH]1)C(=O)Nc1nccs1. The van der Waals surface area contributed by atoms with Gasteiger partial charge in [-0.2, -0.15) is 0 Å². The van der Waals surface area contributed by atoms with E-state index in [-0.39, 0.29) is 11.2 Å². The van der Waals surface area contributed by atoms with Gasteiger partial charge in [0, 0.05) is 22.7 Å². The van der Waals surface area contributed by atoms with E-state index in [1.807, 2.05) is 60.8 Å². The van der Waals surface area contributed by atoms with E-state index < -0.39 is 0 Å². The molecule has 1 amide bonds. The number of aromatic amines is 1. The van der Waals surface area contributed by atoms with E-state index in [0.29, 0.717) is 11.6 Å². The topological polar surface area (TPSA) is 70.7 Å². The molecule has 0 radical (unpaired) electrons. The minimum Gasteiger partial charge on any atom is -0.332 e. The van der Waals surface area contributed by atoms with E-state index in [4.69, 9.17) is 4.98 Å². The average Bonchev–Trinajstić information content (AvgIpc) is 3.43. The minimum absolute atomic E-state index is 0.0635. The molecule has 1 atom stereocenters. The molecule has 0 saturated heterocycles. The summed E-state index contributed by atoms with van der Waals surface area (Å²) < 4.78 is 0. The maximum Gasteiger partial charge on any atom is 0.239 e. The van der Waals surface area contributed by atoms with Gasteiger partial charge in [0.05, 0.1) is 16.6 Å². The summed E-state index contributed by atoms with van der Waals surface area (Å²) in [4.78, 5) is 25.1. The highest BCUT2D eigenvalue weighted by Crippen LogP contribution is 2.34. The van der Waals surface area contributed by atoms with Crippen LogP contribution in [0.2, 0.25) is 0 Å². The zero-order valence-electron chi connectivity index (χ0n) is 15.8. The zero-order valence-corrected chi connectivity index (χ0v) is 17.5. The van der Waals surface area contributed by atoms with Crippen LogP contribution in [-0.4, -0.2) is 26.1 Å². The molecule has 0 spiro atoms. The van der Waals surface area contributed by atoms with Crippen molar-refractivity contribution >= 4 is 34.1 Å². The zero-order chi connectivity index (χ0) is 20.1. The van der Waals surface area contributed by atoms with Crippen molar-refractivity contribution in [1.29, 1.82) is 0 Å². The summed E-state index contributed by atoms with van der Waals surface area (Å²) in [6, 6.07) is 20.2. The number of carbonyl (C=O) groups excluding carboxylic acids is 1. The fourth-order valence-corrected chi connectivity index (χ4v) is 4.39. The highest BCUT2D eigenvalue weighted by molar-refractivity contribution is 8.00. The first kappa shape index (κ1) is 19.4. The van der Waals surface area contributed by atoms with Crippen molar-refractivity contribution in [2.75, 3.05) is 5.32 Å². The van der Waals surface area contributed by atoms with Gasteiger partial charge < -0.3 is 10.3 Å². The first-order valence-electron chi connectivity index (χ1n) is 9.32. The lowest BCUT2D eigenvalue weighted by Gasteiger charge is -2.11. The molecule has 0 aliphatic rings. The van der Waals surface area contributed by atoms with Gasteiger partial charge in [-0.25, -0.2) is 9.97 Å². The Bertz CT molecular complexity index is 1010. The highest BCUT2D eigenvalue weighted by Gasteiger charge is 2.22. The summed E-state index contributed by atoms with van der Waals surface area (Å²) >= 11 is 2.85. The fraction of sp³-hybridized carbons (Fsp3) is 0.136. The third-order valence-corrected chi connectivity index (χ3v) is 6.31. The number of anilines is 1. The number of imidazole rings is 1. The lowest BCUT2D eigenvalue weighted by atomic mass is 10.1. The molecule has 0 aliphatic carbocycles. The van der Waals surface area contributed by atoms with Crippen molar-refractivity contribution in [1.82, 2.24) is 15.0 Å². The number of H-pyrrole nitrogens is 1. The van der Waals surface area contributed by atoms with Crippen LogP contribution in [-0.2, 0) is 4.79 Å². The van der Waals surface area contributed by atoms with Crippen molar-refractivity contribution in [3.63, 3.8) is 0 Å². The molecule has 2 aromatic carbocycles. The molecule has 2 aromatic heterocycles. The third-order valence-electron chi connectivity index (χ3n) is 4.37. The van der Waals surface area contributed by atoms with Crippen LogP contribution in [0.4, 0.5) is 5.13 Å². The van der Waals surface area contributed by atoms with Gasteiger partial charge >= 0.3 is 0 Å². The van der Waals surface area contributed by atoms with Crippen LogP contribution in [0, 0.1) is 0 Å². The van der Waals surface area contributed by atoms with Crippen LogP contribution in [0.5, 0.6) is 0 Å². The maximum atomic E-state index is 12.7. The van der Waals surface area contributed by atoms with E-state index in [1.54, 1.807) is 6.20 Å². The largest absolute Gasteiger partial charge is 0.332 e. The molecule has 5 nitrogen and oxygen atoms in total. The smallest absolute Gasteiger partial charge is 0.239 e. The molecule has 4 rings (SSSR count). The Morgan fingerprint density at radius 3 is 2.41 bits per heavy atom. The van der Waals surface area contributed by atoms with Gasteiger partial charge in [-0.15, -0.1) is 11.3 Å². The molecule has 146 valence electrons. The van der Waals surface area contributed by atoms with Crippen molar-refractivity contribution in [2.45, 2.75) is 23.8 Å². The molecule has 2 N–H and O–H groups in total. The van der Waals surface area contributed by atoms with Crippen LogP contribution in [0.1, 0.15) is 13.3 Å². The summed E-state index contributed by atoms with van der Waals surface area (Å²) in [7, 11) is 0. The molecule has 4 aromatic rings. The van der Waals surface area contributed by atoms with E-state index >= 15 is 0 Å².